The summed E-state index contributed by atoms with van der Waals surface area (Å²) >= 11 is 0. The Kier molecular flexibility index (Phi) is 5.00. The van der Waals surface area contributed by atoms with Crippen LogP contribution in [-0.4, -0.2) is 39.3 Å². The fourth-order valence-electron chi connectivity index (χ4n) is 3.78. The van der Waals surface area contributed by atoms with Crippen LogP contribution < -0.4 is 10.6 Å². The molecule has 0 atom stereocenters. The molecule has 0 aliphatic heterocycles. The van der Waals surface area contributed by atoms with Gasteiger partial charge in [0.2, 0.25) is 0 Å². The van der Waals surface area contributed by atoms with Crippen LogP contribution in [0.3, 0.4) is 0 Å². The Balaban J connectivity index is 1.31. The molecule has 34 heavy (non-hydrogen) atoms. The fraction of sp³-hybridized carbons (Fsp3) is 0.0833. The van der Waals surface area contributed by atoms with Gasteiger partial charge in [0.1, 0.15) is 25.3 Å². The van der Waals surface area contributed by atoms with E-state index in [1.54, 1.807) is 22.0 Å². The molecule has 0 aliphatic rings. The molecule has 166 valence electrons. The highest BCUT2D eigenvalue weighted by Gasteiger charge is 2.16. The lowest BCUT2D eigenvalue weighted by Gasteiger charge is -2.08. The number of nitrogens with zero attached hydrogens (tertiary/aromatic N) is 8. The predicted octanol–water partition coefficient (Wildman–Crippen LogP) is 3.50. The van der Waals surface area contributed by atoms with E-state index in [1.807, 2.05) is 36.4 Å². The van der Waals surface area contributed by atoms with Crippen molar-refractivity contribution < 1.29 is 0 Å². The average molecular weight is 448 g/mol. The van der Waals surface area contributed by atoms with E-state index in [0.717, 1.165) is 11.1 Å². The molecular weight excluding hydrogens is 428 g/mol. The van der Waals surface area contributed by atoms with Gasteiger partial charge in [-0.3, -0.25) is 0 Å². The minimum absolute atomic E-state index is 0.636. The van der Waals surface area contributed by atoms with Gasteiger partial charge >= 0.3 is 0 Å². The maximum absolute atomic E-state index is 4.56. The van der Waals surface area contributed by atoms with Crippen molar-refractivity contribution in [1.29, 1.82) is 0 Å². The van der Waals surface area contributed by atoms with Crippen LogP contribution in [0.25, 0.3) is 22.3 Å². The Bertz CT molecular complexity index is 1440. The molecule has 6 rings (SSSR count). The zero-order valence-corrected chi connectivity index (χ0v) is 18.1. The normalized spacial score (nSPS) is 11.2. The van der Waals surface area contributed by atoms with Gasteiger partial charge in [-0.1, -0.05) is 60.7 Å². The average Bonchev–Trinajstić information content (AvgIpc) is 3.52. The molecule has 2 aromatic carbocycles. The molecule has 10 heteroatoms. The maximum Gasteiger partial charge on any atom is 0.185 e. The van der Waals surface area contributed by atoms with Crippen molar-refractivity contribution in [3.8, 4) is 0 Å². The number of nitrogens with one attached hydrogen (secondary N) is 2. The largest absolute Gasteiger partial charge is 0.364 e. The van der Waals surface area contributed by atoms with Gasteiger partial charge in [0.25, 0.3) is 0 Å². The predicted molar refractivity (Wildman–Crippen MR) is 129 cm³/mol. The van der Waals surface area contributed by atoms with E-state index >= 15 is 0 Å². The molecule has 0 spiro atoms. The number of fused-ring (bicyclic) bond motifs is 2. The van der Waals surface area contributed by atoms with Crippen molar-refractivity contribution in [2.24, 2.45) is 0 Å². The second kappa shape index (κ2) is 8.58. The van der Waals surface area contributed by atoms with E-state index < -0.39 is 0 Å². The van der Waals surface area contributed by atoms with Gasteiger partial charge in [0.15, 0.2) is 34.0 Å². The summed E-state index contributed by atoms with van der Waals surface area (Å²) in [6.07, 6.45) is 6.42. The van der Waals surface area contributed by atoms with Gasteiger partial charge in [0, 0.05) is 13.1 Å². The molecule has 0 amide bonds. The second-order valence-corrected chi connectivity index (χ2v) is 7.65. The van der Waals surface area contributed by atoms with E-state index in [1.165, 1.54) is 12.7 Å². The van der Waals surface area contributed by atoms with Crippen LogP contribution in [0.15, 0.2) is 86.0 Å². The Morgan fingerprint density at radius 3 is 1.41 bits per heavy atom. The van der Waals surface area contributed by atoms with Crippen LogP contribution in [-0.2, 0) is 13.1 Å². The first kappa shape index (κ1) is 19.8. The highest BCUT2D eigenvalue weighted by atomic mass is 15.5. The fourth-order valence-corrected chi connectivity index (χ4v) is 3.78. The highest BCUT2D eigenvalue weighted by Crippen LogP contribution is 2.22. The number of hydrogen-bond donors (Lipinski definition) is 2. The van der Waals surface area contributed by atoms with Crippen molar-refractivity contribution in [3.05, 3.63) is 97.1 Å². The first-order valence-electron chi connectivity index (χ1n) is 10.8. The number of aromatic nitrogens is 8. The molecule has 2 N–H and O–H groups in total. The van der Waals surface area contributed by atoms with Crippen LogP contribution in [0.2, 0.25) is 0 Å². The number of rotatable bonds is 7. The molecule has 4 aromatic heterocycles. The van der Waals surface area contributed by atoms with Crippen LogP contribution in [0, 0.1) is 0 Å². The van der Waals surface area contributed by atoms with Gasteiger partial charge < -0.3 is 10.6 Å². The van der Waals surface area contributed by atoms with E-state index in [0.29, 0.717) is 47.1 Å². The summed E-state index contributed by atoms with van der Waals surface area (Å²) in [5, 5.41) is 6.71. The van der Waals surface area contributed by atoms with Gasteiger partial charge in [-0.05, 0) is 11.1 Å². The third-order valence-electron chi connectivity index (χ3n) is 5.47. The molecule has 6 aromatic rings. The van der Waals surface area contributed by atoms with Crippen molar-refractivity contribution in [2.45, 2.75) is 13.1 Å². The summed E-state index contributed by atoms with van der Waals surface area (Å²) in [5.74, 6) is 1.33. The Morgan fingerprint density at radius 2 is 0.971 bits per heavy atom. The first-order chi connectivity index (χ1) is 16.9. The third kappa shape index (κ3) is 3.66. The second-order valence-electron chi connectivity index (χ2n) is 7.65. The topological polar surface area (TPSA) is 111 Å². The van der Waals surface area contributed by atoms with Gasteiger partial charge in [-0.2, -0.15) is 0 Å². The zero-order valence-electron chi connectivity index (χ0n) is 18.1. The zero-order chi connectivity index (χ0) is 22.7. The highest BCUT2D eigenvalue weighted by molar-refractivity contribution is 5.85. The van der Waals surface area contributed by atoms with Crippen molar-refractivity contribution in [3.63, 3.8) is 0 Å². The van der Waals surface area contributed by atoms with E-state index in [-0.39, 0.29) is 0 Å². The van der Waals surface area contributed by atoms with Crippen molar-refractivity contribution in [2.75, 3.05) is 10.6 Å². The summed E-state index contributed by atoms with van der Waals surface area (Å²) in [6, 6.07) is 20.3. The summed E-state index contributed by atoms with van der Waals surface area (Å²) in [7, 11) is 0. The lowest BCUT2D eigenvalue weighted by Crippen LogP contribution is -2.09. The summed E-state index contributed by atoms with van der Waals surface area (Å²) in [6.45, 7) is 1.27. The van der Waals surface area contributed by atoms with Crippen molar-refractivity contribution >= 4 is 34.0 Å². The molecule has 0 fully saturated rings. The first-order valence-corrected chi connectivity index (χ1v) is 10.8. The monoisotopic (exact) mass is 448 g/mol. The maximum atomic E-state index is 4.56. The summed E-state index contributed by atoms with van der Waals surface area (Å²) < 4.78 is 3.60. The molecule has 0 saturated heterocycles. The molecular formula is C24H20N10. The minimum atomic E-state index is 0.636. The van der Waals surface area contributed by atoms with E-state index in [9.17, 15) is 0 Å². The van der Waals surface area contributed by atoms with E-state index in [2.05, 4.69) is 64.8 Å². The van der Waals surface area contributed by atoms with Crippen molar-refractivity contribution in [1.82, 2.24) is 39.3 Å². The lowest BCUT2D eigenvalue weighted by atomic mass is 10.2. The quantitative estimate of drug-likeness (QED) is 0.382. The molecule has 0 unspecified atom stereocenters. The molecule has 10 nitrogen and oxygen atoms in total. The molecule has 0 saturated carbocycles. The summed E-state index contributed by atoms with van der Waals surface area (Å²) in [4.78, 5) is 26.8. The lowest BCUT2D eigenvalue weighted by molar-refractivity contribution is 0.687. The van der Waals surface area contributed by atoms with Crippen LogP contribution in [0.4, 0.5) is 11.6 Å². The molecule has 0 radical (unpaired) electrons. The minimum Gasteiger partial charge on any atom is -0.364 e. The van der Waals surface area contributed by atoms with Gasteiger partial charge in [-0.25, -0.2) is 39.3 Å². The van der Waals surface area contributed by atoms with Crippen LogP contribution in [0.5, 0.6) is 0 Å². The molecule has 0 bridgehead atoms. The Morgan fingerprint density at radius 1 is 0.529 bits per heavy atom. The Labute approximate surface area is 194 Å². The van der Waals surface area contributed by atoms with Gasteiger partial charge in [0.05, 0.1) is 0 Å². The third-order valence-corrected chi connectivity index (χ3v) is 5.47. The number of imidazole rings is 2. The number of anilines is 2. The molecule has 0 aliphatic carbocycles. The SMILES string of the molecule is c1ccc(CNc2ncnc3c2ncn3-n2cnc3c(NCc4ccccc4)ncnc32)cc1. The summed E-state index contributed by atoms with van der Waals surface area (Å²) in [5.41, 5.74) is 4.92. The number of benzene rings is 2. The van der Waals surface area contributed by atoms with E-state index in [4.69, 9.17) is 0 Å². The van der Waals surface area contributed by atoms with Crippen LogP contribution in [0.1, 0.15) is 11.1 Å². The van der Waals surface area contributed by atoms with Crippen LogP contribution >= 0.6 is 0 Å². The number of hydrogen-bond acceptors (Lipinski definition) is 8. The Hall–Kier alpha value is -4.86. The smallest absolute Gasteiger partial charge is 0.185 e. The van der Waals surface area contributed by atoms with Gasteiger partial charge in [-0.15, -0.1) is 0 Å². The molecule has 4 heterocycles. The standard InChI is InChI=1S/C24H20N10/c1-3-7-17(8-4-1)11-25-21-19-23(29-13-27-21)33(15-31-19)34-16-32-20-22(28-14-30-24(20)34)26-12-18-9-5-2-6-10-18/h1-10,13-16H,11-12H2,(H,25,27,29)(H,26,28,30).